The lowest BCUT2D eigenvalue weighted by molar-refractivity contribution is -0.137. The van der Waals surface area contributed by atoms with Crippen molar-refractivity contribution in [3.63, 3.8) is 0 Å². The number of unbranched alkanes of at least 4 members (excludes halogenated alkanes) is 3. The number of aliphatic hydroxyl groups is 1. The second kappa shape index (κ2) is 12.6. The SMILES string of the molecule is Cc1cc(O)ccc1-c1cccc([C@H](O)CC[C@H]2CCCC(=O)N2CCCCCCC(=O)O)c1. The summed E-state index contributed by atoms with van der Waals surface area (Å²) < 4.78 is 0. The van der Waals surface area contributed by atoms with E-state index in [1.54, 1.807) is 12.1 Å². The Morgan fingerprint density at radius 2 is 1.91 bits per heavy atom. The monoisotopic (exact) mass is 467 g/mol. The van der Waals surface area contributed by atoms with Gasteiger partial charge in [-0.2, -0.15) is 0 Å². The molecule has 1 aliphatic rings. The number of aliphatic carboxylic acids is 1. The summed E-state index contributed by atoms with van der Waals surface area (Å²) >= 11 is 0. The van der Waals surface area contributed by atoms with Crippen LogP contribution in [0.25, 0.3) is 11.1 Å². The summed E-state index contributed by atoms with van der Waals surface area (Å²) in [6.45, 7) is 2.67. The lowest BCUT2D eigenvalue weighted by Gasteiger charge is -2.36. The summed E-state index contributed by atoms with van der Waals surface area (Å²) in [6.07, 6.45) is 6.76. The van der Waals surface area contributed by atoms with Gasteiger partial charge in [0.25, 0.3) is 0 Å². The van der Waals surface area contributed by atoms with Crippen LogP contribution in [0.5, 0.6) is 5.75 Å². The van der Waals surface area contributed by atoms with Crippen molar-refractivity contribution < 1.29 is 24.9 Å². The van der Waals surface area contributed by atoms with E-state index in [-0.39, 0.29) is 24.1 Å². The van der Waals surface area contributed by atoms with Crippen LogP contribution in [0.15, 0.2) is 42.5 Å². The number of amides is 1. The molecule has 0 radical (unpaired) electrons. The van der Waals surface area contributed by atoms with E-state index in [0.717, 1.165) is 60.8 Å². The van der Waals surface area contributed by atoms with Crippen LogP contribution in [0.2, 0.25) is 0 Å². The minimum Gasteiger partial charge on any atom is -0.508 e. The van der Waals surface area contributed by atoms with Crippen molar-refractivity contribution >= 4 is 11.9 Å². The predicted molar refractivity (Wildman–Crippen MR) is 133 cm³/mol. The van der Waals surface area contributed by atoms with Gasteiger partial charge in [-0.1, -0.05) is 37.1 Å². The molecule has 0 aromatic heterocycles. The molecule has 2 aromatic rings. The predicted octanol–water partition coefficient (Wildman–Crippen LogP) is 5.60. The van der Waals surface area contributed by atoms with Crippen LogP contribution < -0.4 is 0 Å². The summed E-state index contributed by atoms with van der Waals surface area (Å²) in [5.74, 6) is -0.320. The maximum atomic E-state index is 12.6. The van der Waals surface area contributed by atoms with Crippen LogP contribution in [0.4, 0.5) is 0 Å². The molecule has 1 amide bonds. The molecule has 2 aromatic carbocycles. The quantitative estimate of drug-likeness (QED) is 0.353. The van der Waals surface area contributed by atoms with Crippen LogP contribution in [0.1, 0.15) is 81.4 Å². The van der Waals surface area contributed by atoms with Gasteiger partial charge in [0.2, 0.25) is 5.91 Å². The molecule has 1 heterocycles. The third-order valence-electron chi connectivity index (χ3n) is 6.79. The largest absolute Gasteiger partial charge is 0.508 e. The lowest BCUT2D eigenvalue weighted by Crippen LogP contribution is -2.44. The molecular weight excluding hydrogens is 430 g/mol. The van der Waals surface area contributed by atoms with Crippen LogP contribution in [0, 0.1) is 6.92 Å². The number of likely N-dealkylation sites (tertiary alicyclic amines) is 1. The molecule has 0 saturated carbocycles. The minimum atomic E-state index is -0.756. The van der Waals surface area contributed by atoms with Crippen molar-refractivity contribution in [2.24, 2.45) is 0 Å². The zero-order chi connectivity index (χ0) is 24.5. The van der Waals surface area contributed by atoms with E-state index in [0.29, 0.717) is 25.8 Å². The highest BCUT2D eigenvalue weighted by Gasteiger charge is 2.28. The first-order chi connectivity index (χ1) is 16.3. The summed E-state index contributed by atoms with van der Waals surface area (Å²) in [7, 11) is 0. The Labute approximate surface area is 202 Å². The Bertz CT molecular complexity index is 973. The molecule has 6 nitrogen and oxygen atoms in total. The van der Waals surface area contributed by atoms with E-state index in [4.69, 9.17) is 5.11 Å². The first-order valence-electron chi connectivity index (χ1n) is 12.4. The fourth-order valence-electron chi connectivity index (χ4n) is 4.91. The Hall–Kier alpha value is -2.86. The highest BCUT2D eigenvalue weighted by atomic mass is 16.4. The molecule has 0 spiro atoms. The molecule has 184 valence electrons. The standard InChI is InChI=1S/C28H37NO5/c1-20-18-24(30)14-15-25(20)21-8-6-9-22(19-21)26(31)16-13-23-10-7-11-27(32)29(23)17-5-3-2-4-12-28(33)34/h6,8-9,14-15,18-19,23,26,30-31H,2-5,7,10-13,16-17H2,1H3,(H,33,34)/t23-,26-/m1/s1. The van der Waals surface area contributed by atoms with Crippen LogP contribution >= 0.6 is 0 Å². The zero-order valence-electron chi connectivity index (χ0n) is 20.1. The molecule has 0 aliphatic carbocycles. The van der Waals surface area contributed by atoms with Crippen molar-refractivity contribution in [3.05, 3.63) is 53.6 Å². The first kappa shape index (κ1) is 25.8. The number of nitrogens with zero attached hydrogens (tertiary/aromatic N) is 1. The fraction of sp³-hybridized carbons (Fsp3) is 0.500. The number of carboxylic acids is 1. The Morgan fingerprint density at radius 1 is 1.12 bits per heavy atom. The molecule has 1 saturated heterocycles. The van der Waals surface area contributed by atoms with E-state index >= 15 is 0 Å². The number of carbonyl (C=O) groups excluding carboxylic acids is 1. The molecule has 1 aliphatic heterocycles. The number of piperidine rings is 1. The van der Waals surface area contributed by atoms with Gasteiger partial charge in [0.1, 0.15) is 5.75 Å². The maximum Gasteiger partial charge on any atom is 0.303 e. The number of aryl methyl sites for hydroxylation is 1. The third kappa shape index (κ3) is 7.32. The number of aliphatic hydroxyl groups excluding tert-OH is 1. The summed E-state index contributed by atoms with van der Waals surface area (Å²) in [4.78, 5) is 25.2. The molecule has 34 heavy (non-hydrogen) atoms. The van der Waals surface area contributed by atoms with Gasteiger partial charge in [0.15, 0.2) is 0 Å². The van der Waals surface area contributed by atoms with Gasteiger partial charge in [0.05, 0.1) is 6.10 Å². The van der Waals surface area contributed by atoms with E-state index in [2.05, 4.69) is 0 Å². The molecule has 2 atom stereocenters. The summed E-state index contributed by atoms with van der Waals surface area (Å²) in [6, 6.07) is 13.3. The molecular formula is C28H37NO5. The van der Waals surface area contributed by atoms with E-state index < -0.39 is 12.1 Å². The number of carboxylic acid groups (broad SMARTS) is 1. The van der Waals surface area contributed by atoms with Gasteiger partial charge in [-0.05, 0) is 85.9 Å². The van der Waals surface area contributed by atoms with Gasteiger partial charge in [0, 0.05) is 25.4 Å². The van der Waals surface area contributed by atoms with Crippen molar-refractivity contribution in [1.82, 2.24) is 4.90 Å². The van der Waals surface area contributed by atoms with Gasteiger partial charge in [-0.15, -0.1) is 0 Å². The van der Waals surface area contributed by atoms with Gasteiger partial charge in [-0.3, -0.25) is 9.59 Å². The average Bonchev–Trinajstić information content (AvgIpc) is 2.80. The highest BCUT2D eigenvalue weighted by molar-refractivity contribution is 5.77. The number of benzene rings is 2. The van der Waals surface area contributed by atoms with Crippen molar-refractivity contribution in [3.8, 4) is 16.9 Å². The molecule has 0 bridgehead atoms. The molecule has 0 unspecified atom stereocenters. The average molecular weight is 468 g/mol. The van der Waals surface area contributed by atoms with Crippen molar-refractivity contribution in [1.29, 1.82) is 0 Å². The maximum absolute atomic E-state index is 12.6. The van der Waals surface area contributed by atoms with E-state index in [9.17, 15) is 19.8 Å². The number of phenols is 1. The first-order valence-corrected chi connectivity index (χ1v) is 12.4. The van der Waals surface area contributed by atoms with E-state index in [1.807, 2.05) is 42.2 Å². The summed E-state index contributed by atoms with van der Waals surface area (Å²) in [5.41, 5.74) is 3.87. The number of hydrogen-bond donors (Lipinski definition) is 3. The van der Waals surface area contributed by atoms with Gasteiger partial charge < -0.3 is 20.2 Å². The van der Waals surface area contributed by atoms with Crippen LogP contribution in [-0.2, 0) is 9.59 Å². The minimum absolute atomic E-state index is 0.150. The second-order valence-electron chi connectivity index (χ2n) is 9.41. The normalized spacial score (nSPS) is 17.1. The summed E-state index contributed by atoms with van der Waals surface area (Å²) in [5, 5.41) is 29.3. The molecule has 3 N–H and O–H groups in total. The van der Waals surface area contributed by atoms with Crippen molar-refractivity contribution in [2.75, 3.05) is 6.54 Å². The number of aromatic hydroxyl groups is 1. The molecule has 1 fully saturated rings. The van der Waals surface area contributed by atoms with Gasteiger partial charge >= 0.3 is 5.97 Å². The molecule has 3 rings (SSSR count). The Morgan fingerprint density at radius 3 is 2.68 bits per heavy atom. The lowest BCUT2D eigenvalue weighted by atomic mass is 9.92. The number of phenolic OH excluding ortho intramolecular Hbond substituents is 1. The Kier molecular flexibility index (Phi) is 9.52. The van der Waals surface area contributed by atoms with Crippen molar-refractivity contribution in [2.45, 2.75) is 83.3 Å². The number of hydrogen-bond acceptors (Lipinski definition) is 4. The number of carbonyl (C=O) groups is 2. The smallest absolute Gasteiger partial charge is 0.303 e. The topological polar surface area (TPSA) is 98.1 Å². The third-order valence-corrected chi connectivity index (χ3v) is 6.79. The van der Waals surface area contributed by atoms with Crippen LogP contribution in [0.3, 0.4) is 0 Å². The zero-order valence-corrected chi connectivity index (χ0v) is 20.1. The van der Waals surface area contributed by atoms with Gasteiger partial charge in [-0.25, -0.2) is 0 Å². The highest BCUT2D eigenvalue weighted by Crippen LogP contribution is 2.31. The Balaban J connectivity index is 1.55. The number of rotatable bonds is 12. The fourth-order valence-corrected chi connectivity index (χ4v) is 4.91. The van der Waals surface area contributed by atoms with E-state index in [1.165, 1.54) is 0 Å². The second-order valence-corrected chi connectivity index (χ2v) is 9.41. The molecule has 6 heteroatoms. The van der Waals surface area contributed by atoms with Crippen LogP contribution in [-0.4, -0.2) is 44.7 Å².